The zero-order valence-electron chi connectivity index (χ0n) is 17.8. The summed E-state index contributed by atoms with van der Waals surface area (Å²) in [6.45, 7) is 0.151. The van der Waals surface area contributed by atoms with E-state index in [2.05, 4.69) is 4.98 Å². The fraction of sp³-hybridized carbons (Fsp3) is 0.115. The monoisotopic (exact) mass is 440 g/mol. The number of carbonyl (C=O) groups excluding carboxylic acids is 2. The Kier molecular flexibility index (Phi) is 5.14. The molecule has 0 fully saturated rings. The van der Waals surface area contributed by atoms with Crippen LogP contribution in [0.15, 0.2) is 94.7 Å². The van der Waals surface area contributed by atoms with Gasteiger partial charge in [-0.05, 0) is 42.0 Å². The number of ketones is 1. The summed E-state index contributed by atoms with van der Waals surface area (Å²) in [7, 11) is 1.56. The van der Waals surface area contributed by atoms with Gasteiger partial charge in [0, 0.05) is 18.1 Å². The van der Waals surface area contributed by atoms with Gasteiger partial charge in [0.2, 0.25) is 5.78 Å². The maximum Gasteiger partial charge on any atom is 0.290 e. The summed E-state index contributed by atoms with van der Waals surface area (Å²) < 4.78 is 11.0. The Morgan fingerprint density at radius 3 is 2.67 bits per heavy atom. The highest BCUT2D eigenvalue weighted by atomic mass is 16.5. The van der Waals surface area contributed by atoms with E-state index in [-0.39, 0.29) is 17.9 Å². The molecular weight excluding hydrogens is 420 g/mol. The number of pyridine rings is 1. The van der Waals surface area contributed by atoms with Gasteiger partial charge in [-0.1, -0.05) is 36.4 Å². The number of Topliss-reactive ketones (excluding diaryl/α,β-unsaturated/α-hetero) is 1. The van der Waals surface area contributed by atoms with Gasteiger partial charge in [-0.2, -0.15) is 0 Å². The van der Waals surface area contributed by atoms with Crippen molar-refractivity contribution in [2.24, 2.45) is 0 Å². The van der Waals surface area contributed by atoms with E-state index in [1.807, 2.05) is 30.3 Å². The molecule has 1 N–H and O–H groups in total. The molecule has 1 aliphatic heterocycles. The molecule has 7 nitrogen and oxygen atoms in total. The number of rotatable bonds is 6. The maximum absolute atomic E-state index is 13.5. The van der Waals surface area contributed by atoms with Crippen molar-refractivity contribution in [3.05, 3.63) is 107 Å². The zero-order chi connectivity index (χ0) is 22.9. The summed E-state index contributed by atoms with van der Waals surface area (Å²) >= 11 is 0. The molecular formula is C26H20N2O5. The lowest BCUT2D eigenvalue weighted by Gasteiger charge is -2.26. The van der Waals surface area contributed by atoms with Gasteiger partial charge in [0.05, 0.1) is 18.4 Å². The minimum Gasteiger partial charge on any atom is -0.503 e. The van der Waals surface area contributed by atoms with E-state index in [1.165, 1.54) is 4.90 Å². The van der Waals surface area contributed by atoms with Gasteiger partial charge < -0.3 is 19.2 Å². The molecule has 0 saturated heterocycles. The van der Waals surface area contributed by atoms with E-state index >= 15 is 0 Å². The largest absolute Gasteiger partial charge is 0.503 e. The van der Waals surface area contributed by atoms with Gasteiger partial charge in [-0.15, -0.1) is 0 Å². The molecule has 1 amide bonds. The van der Waals surface area contributed by atoms with Crippen LogP contribution in [-0.4, -0.2) is 33.8 Å². The molecule has 2 aromatic heterocycles. The maximum atomic E-state index is 13.5. The highest BCUT2D eigenvalue weighted by Gasteiger charge is 2.45. The number of hydrogen-bond donors (Lipinski definition) is 1. The smallest absolute Gasteiger partial charge is 0.290 e. The summed E-state index contributed by atoms with van der Waals surface area (Å²) in [6, 6.07) is 20.5. The van der Waals surface area contributed by atoms with Crippen LogP contribution in [-0.2, 0) is 11.3 Å². The van der Waals surface area contributed by atoms with Gasteiger partial charge in [-0.3, -0.25) is 14.6 Å². The summed E-state index contributed by atoms with van der Waals surface area (Å²) in [4.78, 5) is 32.5. The molecule has 0 aliphatic carbocycles. The second-order valence-electron chi connectivity index (χ2n) is 7.68. The number of fused-ring (bicyclic) bond motifs is 1. The van der Waals surface area contributed by atoms with Crippen LogP contribution >= 0.6 is 0 Å². The molecule has 4 aromatic rings. The third kappa shape index (κ3) is 3.63. The second-order valence-corrected chi connectivity index (χ2v) is 7.68. The Morgan fingerprint density at radius 2 is 1.91 bits per heavy atom. The molecule has 0 saturated carbocycles. The van der Waals surface area contributed by atoms with Crippen molar-refractivity contribution in [2.75, 3.05) is 7.11 Å². The first-order chi connectivity index (χ1) is 16.1. The molecule has 1 aliphatic rings. The SMILES string of the molecule is COc1cccc(CN2C(=O)C(O)=C(C(=O)c3cc4ccccc4o3)C2c2ccccn2)c1. The van der Waals surface area contributed by atoms with Crippen LogP contribution in [0.4, 0.5) is 0 Å². The van der Waals surface area contributed by atoms with Gasteiger partial charge in [-0.25, -0.2) is 0 Å². The number of aliphatic hydroxyl groups is 1. The Labute approximate surface area is 189 Å². The molecule has 33 heavy (non-hydrogen) atoms. The summed E-state index contributed by atoms with van der Waals surface area (Å²) in [6.07, 6.45) is 1.59. The molecule has 0 bridgehead atoms. The topological polar surface area (TPSA) is 92.9 Å². The number of ether oxygens (including phenoxy) is 1. The molecule has 0 radical (unpaired) electrons. The predicted molar refractivity (Wildman–Crippen MR) is 121 cm³/mol. The number of amides is 1. The Morgan fingerprint density at radius 1 is 1.09 bits per heavy atom. The third-order valence-corrected chi connectivity index (χ3v) is 5.65. The predicted octanol–water partition coefficient (Wildman–Crippen LogP) is 4.61. The molecule has 164 valence electrons. The molecule has 1 atom stereocenters. The van der Waals surface area contributed by atoms with Crippen molar-refractivity contribution in [2.45, 2.75) is 12.6 Å². The third-order valence-electron chi connectivity index (χ3n) is 5.65. The average Bonchev–Trinajstić information content (AvgIpc) is 3.39. The fourth-order valence-corrected chi connectivity index (χ4v) is 4.09. The first-order valence-electron chi connectivity index (χ1n) is 10.4. The number of para-hydroxylation sites is 1. The van der Waals surface area contributed by atoms with E-state index in [1.54, 1.807) is 55.8 Å². The Balaban J connectivity index is 1.58. The van der Waals surface area contributed by atoms with E-state index in [0.29, 0.717) is 17.0 Å². The Bertz CT molecular complexity index is 1360. The summed E-state index contributed by atoms with van der Waals surface area (Å²) in [5.41, 5.74) is 1.75. The number of benzene rings is 2. The van der Waals surface area contributed by atoms with Crippen molar-refractivity contribution >= 4 is 22.7 Å². The van der Waals surface area contributed by atoms with E-state index in [9.17, 15) is 14.7 Å². The minimum atomic E-state index is -0.870. The van der Waals surface area contributed by atoms with Crippen LogP contribution in [0, 0.1) is 0 Å². The molecule has 2 aromatic carbocycles. The van der Waals surface area contributed by atoms with Gasteiger partial charge >= 0.3 is 0 Å². The van der Waals surface area contributed by atoms with Crippen molar-refractivity contribution in [1.29, 1.82) is 0 Å². The lowest BCUT2D eigenvalue weighted by Crippen LogP contribution is -2.31. The van der Waals surface area contributed by atoms with Gasteiger partial charge in [0.1, 0.15) is 17.4 Å². The lowest BCUT2D eigenvalue weighted by atomic mass is 9.98. The highest BCUT2D eigenvalue weighted by Crippen LogP contribution is 2.39. The van der Waals surface area contributed by atoms with Gasteiger partial charge in [0.15, 0.2) is 11.5 Å². The van der Waals surface area contributed by atoms with Crippen LogP contribution < -0.4 is 4.74 Å². The van der Waals surface area contributed by atoms with Crippen LogP contribution in [0.2, 0.25) is 0 Å². The van der Waals surface area contributed by atoms with Crippen molar-refractivity contribution in [3.8, 4) is 5.75 Å². The lowest BCUT2D eigenvalue weighted by molar-refractivity contribution is -0.130. The van der Waals surface area contributed by atoms with Crippen LogP contribution in [0.1, 0.15) is 27.9 Å². The molecule has 0 spiro atoms. The summed E-state index contributed by atoms with van der Waals surface area (Å²) in [5, 5.41) is 11.6. The average molecular weight is 440 g/mol. The number of carbonyl (C=O) groups is 2. The summed E-state index contributed by atoms with van der Waals surface area (Å²) in [5.74, 6) is -1.10. The molecule has 1 unspecified atom stereocenters. The number of methoxy groups -OCH3 is 1. The van der Waals surface area contributed by atoms with E-state index in [0.717, 1.165) is 10.9 Å². The fourth-order valence-electron chi connectivity index (χ4n) is 4.09. The number of aromatic nitrogens is 1. The molecule has 3 heterocycles. The van der Waals surface area contributed by atoms with Crippen molar-refractivity contribution < 1.29 is 23.8 Å². The molecule has 7 heteroatoms. The van der Waals surface area contributed by atoms with Crippen molar-refractivity contribution in [1.82, 2.24) is 9.88 Å². The van der Waals surface area contributed by atoms with Crippen LogP contribution in [0.3, 0.4) is 0 Å². The highest BCUT2D eigenvalue weighted by molar-refractivity contribution is 6.15. The van der Waals surface area contributed by atoms with Gasteiger partial charge in [0.25, 0.3) is 5.91 Å². The number of nitrogens with zero attached hydrogens (tertiary/aromatic N) is 2. The second kappa shape index (κ2) is 8.27. The molecule has 5 rings (SSSR count). The van der Waals surface area contributed by atoms with Crippen LogP contribution in [0.5, 0.6) is 5.75 Å². The minimum absolute atomic E-state index is 0.0507. The van der Waals surface area contributed by atoms with Crippen molar-refractivity contribution in [3.63, 3.8) is 0 Å². The number of aliphatic hydroxyl groups excluding tert-OH is 1. The Hall–Kier alpha value is -4.39. The normalized spacial score (nSPS) is 16.0. The number of furan rings is 1. The quantitative estimate of drug-likeness (QED) is 0.440. The first-order valence-corrected chi connectivity index (χ1v) is 10.4. The van der Waals surface area contributed by atoms with Crippen LogP contribution in [0.25, 0.3) is 11.0 Å². The zero-order valence-corrected chi connectivity index (χ0v) is 17.8. The number of hydrogen-bond acceptors (Lipinski definition) is 6. The van der Waals surface area contributed by atoms with E-state index in [4.69, 9.17) is 9.15 Å². The standard InChI is InChI=1S/C26H20N2O5/c1-32-18-9-6-7-16(13-18)15-28-23(19-10-4-5-12-27-19)22(25(30)26(28)31)24(29)21-14-17-8-2-3-11-20(17)33-21/h2-14,23,30H,15H2,1H3. The first kappa shape index (κ1) is 20.5. The van der Waals surface area contributed by atoms with E-state index < -0.39 is 23.5 Å².